The van der Waals surface area contributed by atoms with Gasteiger partial charge in [-0.05, 0) is 42.5 Å². The number of hydrogen-bond acceptors (Lipinski definition) is 5. The monoisotopic (exact) mass is 304 g/mol. The molecule has 5 heteroatoms. The van der Waals surface area contributed by atoms with Crippen LogP contribution in [0.15, 0.2) is 11.4 Å². The van der Waals surface area contributed by atoms with Gasteiger partial charge in [0.1, 0.15) is 10.6 Å². The van der Waals surface area contributed by atoms with E-state index < -0.39 is 0 Å². The largest absolute Gasteiger partial charge is 0.367 e. The molecule has 2 heterocycles. The summed E-state index contributed by atoms with van der Waals surface area (Å²) in [6.45, 7) is 7.76. The summed E-state index contributed by atoms with van der Waals surface area (Å²) in [7, 11) is 0. The minimum absolute atomic E-state index is 0.446. The molecule has 3 rings (SSSR count). The summed E-state index contributed by atoms with van der Waals surface area (Å²) >= 11 is 1.68. The molecule has 0 amide bonds. The molecule has 2 aromatic rings. The van der Waals surface area contributed by atoms with Gasteiger partial charge in [-0.25, -0.2) is 4.98 Å². The third-order valence-electron chi connectivity index (χ3n) is 4.17. The second-order valence-corrected chi connectivity index (χ2v) is 7.60. The fourth-order valence-corrected chi connectivity index (χ4v) is 3.80. The molecule has 1 aliphatic carbocycles. The van der Waals surface area contributed by atoms with Crippen LogP contribution in [0, 0.1) is 5.41 Å². The third kappa shape index (κ3) is 3.28. The van der Waals surface area contributed by atoms with Crippen molar-refractivity contribution in [3.63, 3.8) is 0 Å². The van der Waals surface area contributed by atoms with Gasteiger partial charge < -0.3 is 10.6 Å². The van der Waals surface area contributed by atoms with Crippen molar-refractivity contribution in [3.05, 3.63) is 11.4 Å². The van der Waals surface area contributed by atoms with Crippen LogP contribution >= 0.6 is 11.3 Å². The molecule has 0 bridgehead atoms. The number of nitrogens with one attached hydrogen (secondary N) is 2. The van der Waals surface area contributed by atoms with Crippen LogP contribution in [0.5, 0.6) is 0 Å². The first-order chi connectivity index (χ1) is 10.1. The zero-order chi connectivity index (χ0) is 14.9. The minimum atomic E-state index is 0.446. The fraction of sp³-hybridized carbons (Fsp3) is 0.625. The summed E-state index contributed by atoms with van der Waals surface area (Å²) < 4.78 is 0. The Kier molecular flexibility index (Phi) is 4.02. The van der Waals surface area contributed by atoms with Crippen LogP contribution in [0.25, 0.3) is 10.2 Å². The highest BCUT2D eigenvalue weighted by Crippen LogP contribution is 2.39. The van der Waals surface area contributed by atoms with Crippen molar-refractivity contribution in [3.8, 4) is 0 Å². The van der Waals surface area contributed by atoms with E-state index in [1.165, 1.54) is 19.3 Å². The average Bonchev–Trinajstić information content (AvgIpc) is 3.03. The van der Waals surface area contributed by atoms with Gasteiger partial charge in [0.25, 0.3) is 0 Å². The average molecular weight is 304 g/mol. The van der Waals surface area contributed by atoms with E-state index in [-0.39, 0.29) is 0 Å². The van der Waals surface area contributed by atoms with E-state index in [1.807, 2.05) is 0 Å². The van der Waals surface area contributed by atoms with Crippen molar-refractivity contribution < 1.29 is 0 Å². The van der Waals surface area contributed by atoms with Gasteiger partial charge in [0, 0.05) is 12.6 Å². The Hall–Kier alpha value is -1.36. The summed E-state index contributed by atoms with van der Waals surface area (Å²) in [4.78, 5) is 10.3. The van der Waals surface area contributed by atoms with Gasteiger partial charge in [0.15, 0.2) is 0 Å². The second kappa shape index (κ2) is 5.79. The number of hydrogen-bond donors (Lipinski definition) is 2. The number of aromatic nitrogens is 2. The zero-order valence-electron chi connectivity index (χ0n) is 13.1. The van der Waals surface area contributed by atoms with Crippen LogP contribution in [0.2, 0.25) is 0 Å². The first-order valence-electron chi connectivity index (χ1n) is 7.83. The molecular weight excluding hydrogens is 280 g/mol. The Morgan fingerprint density at radius 3 is 2.95 bits per heavy atom. The molecule has 0 aliphatic heterocycles. The van der Waals surface area contributed by atoms with Crippen molar-refractivity contribution >= 4 is 33.3 Å². The lowest BCUT2D eigenvalue weighted by Crippen LogP contribution is -2.19. The molecular formula is C16H24N4S. The molecule has 0 radical (unpaired) electrons. The van der Waals surface area contributed by atoms with Gasteiger partial charge in [-0.1, -0.05) is 20.8 Å². The van der Waals surface area contributed by atoms with Crippen LogP contribution < -0.4 is 10.6 Å². The van der Waals surface area contributed by atoms with Gasteiger partial charge in [0.2, 0.25) is 5.95 Å². The SMILES string of the molecule is CCCNc1nc(NC2CCC(C)(C)C2)c2ccsc2n1. The summed E-state index contributed by atoms with van der Waals surface area (Å²) in [6.07, 6.45) is 4.79. The first kappa shape index (κ1) is 14.6. The van der Waals surface area contributed by atoms with E-state index in [2.05, 4.69) is 47.8 Å². The number of rotatable bonds is 5. The van der Waals surface area contributed by atoms with E-state index in [0.717, 1.165) is 34.9 Å². The molecule has 4 nitrogen and oxygen atoms in total. The lowest BCUT2D eigenvalue weighted by atomic mass is 9.92. The maximum atomic E-state index is 4.70. The smallest absolute Gasteiger partial charge is 0.226 e. The van der Waals surface area contributed by atoms with Crippen LogP contribution in [-0.2, 0) is 0 Å². The van der Waals surface area contributed by atoms with E-state index in [1.54, 1.807) is 11.3 Å². The standard InChI is InChI=1S/C16H24N4S/c1-4-8-17-15-19-13(12-6-9-21-14(12)20-15)18-11-5-7-16(2,3)10-11/h6,9,11H,4-5,7-8,10H2,1-3H3,(H2,17,18,19,20). The molecule has 2 N–H and O–H groups in total. The highest BCUT2D eigenvalue weighted by atomic mass is 32.1. The number of anilines is 2. The lowest BCUT2D eigenvalue weighted by molar-refractivity contribution is 0.378. The molecule has 0 saturated heterocycles. The summed E-state index contributed by atoms with van der Waals surface area (Å²) in [5.74, 6) is 1.73. The molecule has 1 fully saturated rings. The number of nitrogens with zero attached hydrogens (tertiary/aromatic N) is 2. The quantitative estimate of drug-likeness (QED) is 0.853. The fourth-order valence-electron chi connectivity index (χ4n) is 3.03. The molecule has 1 aliphatic rings. The van der Waals surface area contributed by atoms with Crippen molar-refractivity contribution in [1.82, 2.24) is 9.97 Å². The van der Waals surface area contributed by atoms with Crippen LogP contribution in [-0.4, -0.2) is 22.6 Å². The van der Waals surface area contributed by atoms with Crippen molar-refractivity contribution in [2.24, 2.45) is 5.41 Å². The summed E-state index contributed by atoms with van der Waals surface area (Å²) in [5.41, 5.74) is 0.446. The summed E-state index contributed by atoms with van der Waals surface area (Å²) in [6, 6.07) is 2.64. The van der Waals surface area contributed by atoms with Gasteiger partial charge in [0.05, 0.1) is 5.39 Å². The van der Waals surface area contributed by atoms with Gasteiger partial charge in [-0.3, -0.25) is 0 Å². The van der Waals surface area contributed by atoms with E-state index >= 15 is 0 Å². The predicted octanol–water partition coefficient (Wildman–Crippen LogP) is 4.50. The molecule has 1 saturated carbocycles. The Morgan fingerprint density at radius 2 is 2.24 bits per heavy atom. The maximum Gasteiger partial charge on any atom is 0.226 e. The highest BCUT2D eigenvalue weighted by molar-refractivity contribution is 7.16. The highest BCUT2D eigenvalue weighted by Gasteiger charge is 2.31. The van der Waals surface area contributed by atoms with Gasteiger partial charge in [-0.15, -0.1) is 11.3 Å². The zero-order valence-corrected chi connectivity index (χ0v) is 13.9. The van der Waals surface area contributed by atoms with Crippen molar-refractivity contribution in [2.45, 2.75) is 52.5 Å². The Balaban J connectivity index is 1.84. The normalized spacial score (nSPS) is 20.8. The van der Waals surface area contributed by atoms with Gasteiger partial charge in [-0.2, -0.15) is 4.98 Å². The molecule has 21 heavy (non-hydrogen) atoms. The van der Waals surface area contributed by atoms with E-state index in [4.69, 9.17) is 4.98 Å². The number of fused-ring (bicyclic) bond motifs is 1. The second-order valence-electron chi connectivity index (χ2n) is 6.71. The molecule has 0 spiro atoms. The first-order valence-corrected chi connectivity index (χ1v) is 8.71. The molecule has 0 aromatic carbocycles. The molecule has 114 valence electrons. The predicted molar refractivity (Wildman–Crippen MR) is 91.2 cm³/mol. The third-order valence-corrected chi connectivity index (χ3v) is 4.97. The molecule has 1 unspecified atom stereocenters. The Bertz CT molecular complexity index is 620. The van der Waals surface area contributed by atoms with E-state index in [0.29, 0.717) is 11.5 Å². The Labute approximate surface area is 130 Å². The molecule has 2 aromatic heterocycles. The minimum Gasteiger partial charge on any atom is -0.367 e. The van der Waals surface area contributed by atoms with Crippen molar-refractivity contribution in [1.29, 1.82) is 0 Å². The maximum absolute atomic E-state index is 4.70. The van der Waals surface area contributed by atoms with Crippen molar-refractivity contribution in [2.75, 3.05) is 17.2 Å². The van der Waals surface area contributed by atoms with Crippen LogP contribution in [0.3, 0.4) is 0 Å². The summed E-state index contributed by atoms with van der Waals surface area (Å²) in [5, 5.41) is 10.2. The Morgan fingerprint density at radius 1 is 1.38 bits per heavy atom. The lowest BCUT2D eigenvalue weighted by Gasteiger charge is -2.19. The number of thiophene rings is 1. The van der Waals surface area contributed by atoms with Crippen LogP contribution in [0.1, 0.15) is 46.5 Å². The van der Waals surface area contributed by atoms with Gasteiger partial charge >= 0.3 is 0 Å². The van der Waals surface area contributed by atoms with Crippen LogP contribution in [0.4, 0.5) is 11.8 Å². The molecule has 1 atom stereocenters. The van der Waals surface area contributed by atoms with E-state index in [9.17, 15) is 0 Å². The topological polar surface area (TPSA) is 49.8 Å².